The fraction of sp³-hybridized carbons (Fsp3) is 0.500. The Morgan fingerprint density at radius 2 is 1.79 bits per heavy atom. The first-order valence-corrected chi connectivity index (χ1v) is 6.43. The lowest BCUT2D eigenvalue weighted by molar-refractivity contribution is 0.0946. The summed E-state index contributed by atoms with van der Waals surface area (Å²) in [6, 6.07) is 5.27. The third kappa shape index (κ3) is 4.44. The SMILES string of the molecule is COc1cccc(OC)c1C(=O)NCCCCCN. The van der Waals surface area contributed by atoms with Crippen molar-refractivity contribution < 1.29 is 14.3 Å². The molecule has 0 spiro atoms. The monoisotopic (exact) mass is 266 g/mol. The molecule has 0 aliphatic carbocycles. The minimum absolute atomic E-state index is 0.179. The average Bonchev–Trinajstić information content (AvgIpc) is 2.45. The molecule has 5 heteroatoms. The van der Waals surface area contributed by atoms with Crippen LogP contribution in [-0.2, 0) is 0 Å². The lowest BCUT2D eigenvalue weighted by Gasteiger charge is -2.12. The summed E-state index contributed by atoms with van der Waals surface area (Å²) < 4.78 is 10.4. The molecule has 0 fully saturated rings. The second-order valence-electron chi connectivity index (χ2n) is 4.14. The smallest absolute Gasteiger partial charge is 0.258 e. The van der Waals surface area contributed by atoms with Gasteiger partial charge in [0.2, 0.25) is 0 Å². The molecule has 1 aromatic carbocycles. The first-order valence-electron chi connectivity index (χ1n) is 6.43. The van der Waals surface area contributed by atoms with Crippen molar-refractivity contribution in [2.45, 2.75) is 19.3 Å². The number of carbonyl (C=O) groups is 1. The van der Waals surface area contributed by atoms with Gasteiger partial charge < -0.3 is 20.5 Å². The Morgan fingerprint density at radius 1 is 1.16 bits per heavy atom. The highest BCUT2D eigenvalue weighted by Crippen LogP contribution is 2.27. The molecule has 5 nitrogen and oxygen atoms in total. The molecule has 3 N–H and O–H groups in total. The number of benzene rings is 1. The average molecular weight is 266 g/mol. The first kappa shape index (κ1) is 15.3. The van der Waals surface area contributed by atoms with Gasteiger partial charge in [0.1, 0.15) is 17.1 Å². The fourth-order valence-corrected chi connectivity index (χ4v) is 1.81. The molecule has 19 heavy (non-hydrogen) atoms. The number of unbranched alkanes of at least 4 members (excludes halogenated alkanes) is 2. The molecular formula is C14H22N2O3. The van der Waals surface area contributed by atoms with Gasteiger partial charge in [0, 0.05) is 6.54 Å². The number of rotatable bonds is 8. The van der Waals surface area contributed by atoms with E-state index < -0.39 is 0 Å². The molecule has 0 aromatic heterocycles. The standard InChI is InChI=1S/C14H22N2O3/c1-18-11-7-6-8-12(19-2)13(11)14(17)16-10-5-3-4-9-15/h6-8H,3-5,9-10,15H2,1-2H3,(H,16,17). The summed E-state index contributed by atoms with van der Waals surface area (Å²) in [6.45, 7) is 1.31. The number of carbonyl (C=O) groups excluding carboxylic acids is 1. The Balaban J connectivity index is 2.65. The third-order valence-corrected chi connectivity index (χ3v) is 2.82. The number of hydrogen-bond acceptors (Lipinski definition) is 4. The second-order valence-corrected chi connectivity index (χ2v) is 4.14. The molecule has 0 saturated heterocycles. The van der Waals surface area contributed by atoms with Crippen molar-refractivity contribution in [2.24, 2.45) is 5.73 Å². The molecule has 1 amide bonds. The summed E-state index contributed by atoms with van der Waals surface area (Å²) in [5.74, 6) is 0.847. The molecule has 0 heterocycles. The third-order valence-electron chi connectivity index (χ3n) is 2.82. The number of nitrogens with two attached hydrogens (primary N) is 1. The number of amides is 1. The lowest BCUT2D eigenvalue weighted by atomic mass is 10.1. The predicted octanol–water partition coefficient (Wildman–Crippen LogP) is 1.56. The molecule has 1 rings (SSSR count). The van der Waals surface area contributed by atoms with E-state index in [1.165, 1.54) is 14.2 Å². The summed E-state index contributed by atoms with van der Waals surface area (Å²) in [5, 5.41) is 2.87. The second kappa shape index (κ2) is 8.37. The van der Waals surface area contributed by atoms with Crippen LogP contribution in [0, 0.1) is 0 Å². The van der Waals surface area contributed by atoms with Gasteiger partial charge in [-0.3, -0.25) is 4.79 Å². The van der Waals surface area contributed by atoms with Crippen LogP contribution < -0.4 is 20.5 Å². The quantitative estimate of drug-likeness (QED) is 0.700. The van der Waals surface area contributed by atoms with Gasteiger partial charge in [-0.25, -0.2) is 0 Å². The zero-order valence-corrected chi connectivity index (χ0v) is 11.6. The molecule has 0 saturated carbocycles. The molecule has 0 unspecified atom stereocenters. The van der Waals surface area contributed by atoms with Crippen molar-refractivity contribution in [3.8, 4) is 11.5 Å². The van der Waals surface area contributed by atoms with Crippen LogP contribution >= 0.6 is 0 Å². The molecule has 106 valence electrons. The maximum absolute atomic E-state index is 12.1. The van der Waals surface area contributed by atoms with E-state index in [9.17, 15) is 4.79 Å². The maximum atomic E-state index is 12.1. The van der Waals surface area contributed by atoms with E-state index in [4.69, 9.17) is 15.2 Å². The largest absolute Gasteiger partial charge is 0.496 e. The minimum atomic E-state index is -0.179. The number of methoxy groups -OCH3 is 2. The topological polar surface area (TPSA) is 73.6 Å². The lowest BCUT2D eigenvalue weighted by Crippen LogP contribution is -2.25. The Morgan fingerprint density at radius 3 is 2.32 bits per heavy atom. The van der Waals surface area contributed by atoms with Gasteiger partial charge in [-0.05, 0) is 31.5 Å². The van der Waals surface area contributed by atoms with Gasteiger partial charge in [0.15, 0.2) is 0 Å². The van der Waals surface area contributed by atoms with E-state index in [0.29, 0.717) is 30.2 Å². The van der Waals surface area contributed by atoms with Crippen molar-refractivity contribution in [1.29, 1.82) is 0 Å². The molecule has 0 radical (unpaired) electrons. The number of ether oxygens (including phenoxy) is 2. The zero-order chi connectivity index (χ0) is 14.1. The molecule has 0 aliphatic heterocycles. The highest BCUT2D eigenvalue weighted by molar-refractivity contribution is 5.99. The van der Waals surface area contributed by atoms with E-state index in [-0.39, 0.29) is 5.91 Å². The van der Waals surface area contributed by atoms with E-state index in [1.807, 2.05) is 0 Å². The van der Waals surface area contributed by atoms with E-state index >= 15 is 0 Å². The Hall–Kier alpha value is -1.75. The number of hydrogen-bond donors (Lipinski definition) is 2. The fourth-order valence-electron chi connectivity index (χ4n) is 1.81. The van der Waals surface area contributed by atoms with Crippen LogP contribution in [0.25, 0.3) is 0 Å². The molecule has 1 aromatic rings. The summed E-state index contributed by atoms with van der Waals surface area (Å²) in [6.07, 6.45) is 2.91. The minimum Gasteiger partial charge on any atom is -0.496 e. The van der Waals surface area contributed by atoms with Gasteiger partial charge in [0.05, 0.1) is 14.2 Å². The van der Waals surface area contributed by atoms with E-state index in [1.54, 1.807) is 18.2 Å². The zero-order valence-electron chi connectivity index (χ0n) is 11.6. The summed E-state index contributed by atoms with van der Waals surface area (Å²) >= 11 is 0. The van der Waals surface area contributed by atoms with Gasteiger partial charge in [0.25, 0.3) is 5.91 Å². The van der Waals surface area contributed by atoms with Gasteiger partial charge >= 0.3 is 0 Å². The van der Waals surface area contributed by atoms with E-state index in [0.717, 1.165) is 19.3 Å². The normalized spacial score (nSPS) is 10.1. The van der Waals surface area contributed by atoms with Crippen LogP contribution in [0.15, 0.2) is 18.2 Å². The van der Waals surface area contributed by atoms with Gasteiger partial charge in [-0.15, -0.1) is 0 Å². The highest BCUT2D eigenvalue weighted by Gasteiger charge is 2.17. The van der Waals surface area contributed by atoms with E-state index in [2.05, 4.69) is 5.32 Å². The van der Waals surface area contributed by atoms with Crippen molar-refractivity contribution in [3.63, 3.8) is 0 Å². The van der Waals surface area contributed by atoms with Crippen molar-refractivity contribution in [2.75, 3.05) is 27.3 Å². The molecule has 0 bridgehead atoms. The molecular weight excluding hydrogens is 244 g/mol. The van der Waals surface area contributed by atoms with Crippen molar-refractivity contribution in [1.82, 2.24) is 5.32 Å². The Kier molecular flexibility index (Phi) is 6.74. The van der Waals surface area contributed by atoms with Gasteiger partial charge in [-0.1, -0.05) is 12.5 Å². The number of nitrogens with one attached hydrogen (secondary N) is 1. The summed E-state index contributed by atoms with van der Waals surface area (Å²) in [7, 11) is 3.07. The van der Waals surface area contributed by atoms with Crippen LogP contribution in [0.5, 0.6) is 11.5 Å². The van der Waals surface area contributed by atoms with Crippen LogP contribution in [0.4, 0.5) is 0 Å². The predicted molar refractivity (Wildman–Crippen MR) is 74.8 cm³/mol. The maximum Gasteiger partial charge on any atom is 0.258 e. The van der Waals surface area contributed by atoms with Crippen LogP contribution in [-0.4, -0.2) is 33.2 Å². The van der Waals surface area contributed by atoms with Crippen molar-refractivity contribution in [3.05, 3.63) is 23.8 Å². The van der Waals surface area contributed by atoms with Crippen LogP contribution in [0.1, 0.15) is 29.6 Å². The van der Waals surface area contributed by atoms with Crippen LogP contribution in [0.2, 0.25) is 0 Å². The highest BCUT2D eigenvalue weighted by atomic mass is 16.5. The van der Waals surface area contributed by atoms with Crippen LogP contribution in [0.3, 0.4) is 0 Å². The Labute approximate surface area is 114 Å². The first-order chi connectivity index (χ1) is 9.24. The van der Waals surface area contributed by atoms with Gasteiger partial charge in [-0.2, -0.15) is 0 Å². The molecule has 0 aliphatic rings. The Bertz CT molecular complexity index is 385. The summed E-state index contributed by atoms with van der Waals surface area (Å²) in [4.78, 5) is 12.1. The summed E-state index contributed by atoms with van der Waals surface area (Å²) in [5.41, 5.74) is 5.85. The molecule has 0 atom stereocenters. The van der Waals surface area contributed by atoms with Crippen molar-refractivity contribution >= 4 is 5.91 Å².